The van der Waals surface area contributed by atoms with E-state index in [-0.39, 0.29) is 12.6 Å². The maximum atomic E-state index is 11.8. The molecule has 2 aromatic heterocycles. The Morgan fingerprint density at radius 1 is 1.27 bits per heavy atom. The van der Waals surface area contributed by atoms with Gasteiger partial charge in [-0.05, 0) is 23.6 Å². The van der Waals surface area contributed by atoms with Gasteiger partial charge in [-0.15, -0.1) is 11.3 Å². The number of nitrogens with zero attached hydrogens (tertiary/aromatic N) is 1. The Morgan fingerprint density at radius 3 is 2.95 bits per heavy atom. The van der Waals surface area contributed by atoms with Crippen molar-refractivity contribution in [3.63, 3.8) is 0 Å². The lowest BCUT2D eigenvalue weighted by molar-refractivity contribution is 0.0470. The number of esters is 1. The molecule has 0 saturated heterocycles. The number of rotatable bonds is 5. The lowest BCUT2D eigenvalue weighted by Gasteiger charge is -2.00. The lowest BCUT2D eigenvalue weighted by Crippen LogP contribution is -2.03. The second-order valence-corrected chi connectivity index (χ2v) is 5.42. The van der Waals surface area contributed by atoms with Gasteiger partial charge < -0.3 is 14.0 Å². The van der Waals surface area contributed by atoms with Crippen LogP contribution < -0.4 is 4.74 Å². The first-order valence-electron chi connectivity index (χ1n) is 6.57. The van der Waals surface area contributed by atoms with Gasteiger partial charge in [-0.3, -0.25) is 0 Å². The molecule has 1 aromatic carbocycles. The van der Waals surface area contributed by atoms with E-state index < -0.39 is 0 Å². The zero-order valence-electron chi connectivity index (χ0n) is 11.8. The minimum absolute atomic E-state index is 0.0736. The number of thiophene rings is 1. The first-order valence-corrected chi connectivity index (χ1v) is 7.45. The van der Waals surface area contributed by atoms with Crippen LogP contribution in [0.15, 0.2) is 52.4 Å². The summed E-state index contributed by atoms with van der Waals surface area (Å²) in [5.74, 6) is 0.974. The van der Waals surface area contributed by atoms with Crippen LogP contribution in [0.1, 0.15) is 15.4 Å². The Hall–Kier alpha value is -2.60. The van der Waals surface area contributed by atoms with E-state index in [1.165, 1.54) is 11.3 Å². The largest absolute Gasteiger partial charge is 0.497 e. The third-order valence-electron chi connectivity index (χ3n) is 2.99. The standard InChI is InChI=1S/C16H13NO4S/c1-19-13-5-2-4-11(8-13)14-9-12(17-21-14)10-20-16(18)15-6-3-7-22-15/h2-9H,10H2,1H3. The van der Waals surface area contributed by atoms with Crippen molar-refractivity contribution >= 4 is 17.3 Å². The van der Waals surface area contributed by atoms with Crippen LogP contribution in [0.5, 0.6) is 5.75 Å². The van der Waals surface area contributed by atoms with Gasteiger partial charge in [-0.2, -0.15) is 0 Å². The smallest absolute Gasteiger partial charge is 0.348 e. The molecule has 5 nitrogen and oxygen atoms in total. The SMILES string of the molecule is COc1cccc(-c2cc(COC(=O)c3cccs3)no2)c1. The molecule has 0 atom stereocenters. The molecule has 0 saturated carbocycles. The molecular weight excluding hydrogens is 302 g/mol. The number of carbonyl (C=O) groups is 1. The molecule has 0 bridgehead atoms. The van der Waals surface area contributed by atoms with Gasteiger partial charge in [0.25, 0.3) is 0 Å². The molecule has 0 unspecified atom stereocenters. The van der Waals surface area contributed by atoms with Crippen LogP contribution in [0.3, 0.4) is 0 Å². The van der Waals surface area contributed by atoms with Gasteiger partial charge in [-0.1, -0.05) is 23.4 Å². The first-order chi connectivity index (χ1) is 10.8. The summed E-state index contributed by atoms with van der Waals surface area (Å²) in [6.07, 6.45) is 0. The normalized spacial score (nSPS) is 10.4. The monoisotopic (exact) mass is 315 g/mol. The Balaban J connectivity index is 1.67. The minimum Gasteiger partial charge on any atom is -0.497 e. The quantitative estimate of drug-likeness (QED) is 0.671. The molecule has 22 heavy (non-hydrogen) atoms. The summed E-state index contributed by atoms with van der Waals surface area (Å²) in [6.45, 7) is 0.0736. The fraction of sp³-hybridized carbons (Fsp3) is 0.125. The van der Waals surface area contributed by atoms with Crippen LogP contribution in [0, 0.1) is 0 Å². The van der Waals surface area contributed by atoms with Crippen LogP contribution in [-0.2, 0) is 11.3 Å². The molecule has 0 spiro atoms. The fourth-order valence-electron chi connectivity index (χ4n) is 1.90. The maximum absolute atomic E-state index is 11.8. The Bertz CT molecular complexity index is 764. The van der Waals surface area contributed by atoms with E-state index in [1.54, 1.807) is 25.3 Å². The molecule has 0 N–H and O–H groups in total. The van der Waals surface area contributed by atoms with Gasteiger partial charge in [0.2, 0.25) is 0 Å². The average molecular weight is 315 g/mol. The predicted molar refractivity (Wildman–Crippen MR) is 81.9 cm³/mol. The van der Waals surface area contributed by atoms with Crippen LogP contribution >= 0.6 is 11.3 Å². The molecular formula is C16H13NO4S. The van der Waals surface area contributed by atoms with Crippen molar-refractivity contribution in [2.24, 2.45) is 0 Å². The molecule has 0 radical (unpaired) electrons. The van der Waals surface area contributed by atoms with E-state index in [4.69, 9.17) is 14.0 Å². The molecule has 0 fully saturated rings. The second-order valence-electron chi connectivity index (χ2n) is 4.47. The summed E-state index contributed by atoms with van der Waals surface area (Å²) in [5, 5.41) is 5.74. The van der Waals surface area contributed by atoms with E-state index in [1.807, 2.05) is 29.6 Å². The fourth-order valence-corrected chi connectivity index (χ4v) is 2.51. The Labute approximate surface area is 131 Å². The van der Waals surface area contributed by atoms with Crippen molar-refractivity contribution in [3.05, 3.63) is 58.4 Å². The second kappa shape index (κ2) is 6.44. The highest BCUT2D eigenvalue weighted by Crippen LogP contribution is 2.24. The number of aromatic nitrogens is 1. The summed E-state index contributed by atoms with van der Waals surface area (Å²) >= 11 is 1.34. The Kier molecular flexibility index (Phi) is 4.20. The number of carbonyl (C=O) groups excluding carboxylic acids is 1. The number of hydrogen-bond acceptors (Lipinski definition) is 6. The van der Waals surface area contributed by atoms with Crippen molar-refractivity contribution in [2.75, 3.05) is 7.11 Å². The summed E-state index contributed by atoms with van der Waals surface area (Å²) < 4.78 is 15.6. The van der Waals surface area contributed by atoms with Gasteiger partial charge >= 0.3 is 5.97 Å². The predicted octanol–water partition coefficient (Wildman–Crippen LogP) is 3.77. The molecule has 3 aromatic rings. The van der Waals surface area contributed by atoms with Gasteiger partial charge in [0.05, 0.1) is 7.11 Å². The molecule has 0 aliphatic rings. The summed E-state index contributed by atoms with van der Waals surface area (Å²) in [6, 6.07) is 12.7. The number of ether oxygens (including phenoxy) is 2. The van der Waals surface area contributed by atoms with Crippen molar-refractivity contribution in [1.29, 1.82) is 0 Å². The lowest BCUT2D eigenvalue weighted by atomic mass is 10.1. The van der Waals surface area contributed by atoms with Gasteiger partial charge in [-0.25, -0.2) is 4.79 Å². The molecule has 0 aliphatic heterocycles. The van der Waals surface area contributed by atoms with Crippen molar-refractivity contribution in [2.45, 2.75) is 6.61 Å². The first kappa shape index (κ1) is 14.3. The number of hydrogen-bond donors (Lipinski definition) is 0. The van der Waals surface area contributed by atoms with Gasteiger partial charge in [0.1, 0.15) is 22.9 Å². The topological polar surface area (TPSA) is 61.6 Å². The average Bonchev–Trinajstić information content (AvgIpc) is 3.24. The highest BCUT2D eigenvalue weighted by molar-refractivity contribution is 7.11. The third-order valence-corrected chi connectivity index (χ3v) is 3.84. The molecule has 2 heterocycles. The van der Waals surface area contributed by atoms with Gasteiger partial charge in [0.15, 0.2) is 5.76 Å². The van der Waals surface area contributed by atoms with E-state index in [0.717, 1.165) is 11.3 Å². The highest BCUT2D eigenvalue weighted by Gasteiger charge is 2.12. The summed E-state index contributed by atoms with van der Waals surface area (Å²) in [7, 11) is 1.61. The van der Waals surface area contributed by atoms with Crippen molar-refractivity contribution in [3.8, 4) is 17.1 Å². The van der Waals surface area contributed by atoms with Crippen LogP contribution in [0.4, 0.5) is 0 Å². The van der Waals surface area contributed by atoms with Crippen LogP contribution in [0.2, 0.25) is 0 Å². The number of methoxy groups -OCH3 is 1. The van der Waals surface area contributed by atoms with E-state index in [2.05, 4.69) is 5.16 Å². The van der Waals surface area contributed by atoms with E-state index in [9.17, 15) is 4.79 Å². The Morgan fingerprint density at radius 2 is 2.18 bits per heavy atom. The highest BCUT2D eigenvalue weighted by atomic mass is 32.1. The van der Waals surface area contributed by atoms with Crippen LogP contribution in [-0.4, -0.2) is 18.2 Å². The molecule has 6 heteroatoms. The molecule has 112 valence electrons. The van der Waals surface area contributed by atoms with E-state index in [0.29, 0.717) is 16.3 Å². The summed E-state index contributed by atoms with van der Waals surface area (Å²) in [4.78, 5) is 12.3. The minimum atomic E-state index is -0.360. The van der Waals surface area contributed by atoms with Crippen LogP contribution in [0.25, 0.3) is 11.3 Å². The molecule has 0 amide bonds. The van der Waals surface area contributed by atoms with Crippen molar-refractivity contribution in [1.82, 2.24) is 5.16 Å². The van der Waals surface area contributed by atoms with Crippen molar-refractivity contribution < 1.29 is 18.8 Å². The third kappa shape index (κ3) is 3.17. The molecule has 0 aliphatic carbocycles. The van der Waals surface area contributed by atoms with E-state index >= 15 is 0 Å². The summed E-state index contributed by atoms with van der Waals surface area (Å²) in [5.41, 5.74) is 1.41. The zero-order valence-corrected chi connectivity index (χ0v) is 12.6. The maximum Gasteiger partial charge on any atom is 0.348 e. The number of benzene rings is 1. The zero-order chi connectivity index (χ0) is 15.4. The molecule has 3 rings (SSSR count). The van der Waals surface area contributed by atoms with Gasteiger partial charge in [0, 0.05) is 11.6 Å².